The number of carbonyl (C=O) groups is 1. The molecular weight excluding hydrogens is 202 g/mol. The fraction of sp³-hybridized carbons (Fsp3) is 0.917. The number of amides is 1. The van der Waals surface area contributed by atoms with Gasteiger partial charge in [-0.25, -0.2) is 0 Å². The molecule has 16 heavy (non-hydrogen) atoms. The van der Waals surface area contributed by atoms with Gasteiger partial charge < -0.3 is 15.1 Å². The number of carbonyl (C=O) groups excluding carboxylic acids is 1. The van der Waals surface area contributed by atoms with Crippen LogP contribution in [0.1, 0.15) is 26.2 Å². The van der Waals surface area contributed by atoms with Crippen molar-refractivity contribution in [2.24, 2.45) is 0 Å². The summed E-state index contributed by atoms with van der Waals surface area (Å²) in [5, 5.41) is 3.34. The van der Waals surface area contributed by atoms with E-state index in [1.807, 2.05) is 0 Å². The number of hydrogen-bond acceptors (Lipinski definition) is 3. The second kappa shape index (κ2) is 5.15. The molecule has 1 amide bonds. The van der Waals surface area contributed by atoms with E-state index >= 15 is 0 Å². The Balaban J connectivity index is 1.92. The molecule has 2 atom stereocenters. The third kappa shape index (κ3) is 2.55. The van der Waals surface area contributed by atoms with E-state index in [-0.39, 0.29) is 6.04 Å². The standard InChI is InChI=1S/C12H23N3O/c1-10-9-14(2)7-8-15(10)12(16)11-5-3-4-6-13-11/h10-11,13H,3-9H2,1-2H3/t10?,11-/m1/s1. The van der Waals surface area contributed by atoms with E-state index in [1.54, 1.807) is 0 Å². The molecule has 0 bridgehead atoms. The number of piperazine rings is 1. The van der Waals surface area contributed by atoms with E-state index in [0.29, 0.717) is 11.9 Å². The number of rotatable bonds is 1. The Morgan fingerprint density at radius 2 is 2.12 bits per heavy atom. The zero-order valence-corrected chi connectivity index (χ0v) is 10.4. The smallest absolute Gasteiger partial charge is 0.240 e. The van der Waals surface area contributed by atoms with Gasteiger partial charge in [-0.15, -0.1) is 0 Å². The molecule has 0 aliphatic carbocycles. The molecule has 1 unspecified atom stereocenters. The van der Waals surface area contributed by atoms with Crippen LogP contribution in [0.25, 0.3) is 0 Å². The number of piperidine rings is 1. The Morgan fingerprint density at radius 1 is 1.31 bits per heavy atom. The van der Waals surface area contributed by atoms with Crippen molar-refractivity contribution in [1.29, 1.82) is 0 Å². The van der Waals surface area contributed by atoms with Gasteiger partial charge >= 0.3 is 0 Å². The van der Waals surface area contributed by atoms with E-state index in [1.165, 1.54) is 12.8 Å². The molecule has 1 N–H and O–H groups in total. The number of likely N-dealkylation sites (N-methyl/N-ethyl adjacent to an activating group) is 1. The normalized spacial score (nSPS) is 32.8. The monoisotopic (exact) mass is 225 g/mol. The first kappa shape index (κ1) is 11.9. The van der Waals surface area contributed by atoms with Gasteiger partial charge in [-0.3, -0.25) is 4.79 Å². The van der Waals surface area contributed by atoms with Crippen LogP contribution in [0.2, 0.25) is 0 Å². The predicted molar refractivity (Wildman–Crippen MR) is 64.3 cm³/mol. The molecule has 4 heteroatoms. The van der Waals surface area contributed by atoms with Crippen LogP contribution in [0.15, 0.2) is 0 Å². The maximum atomic E-state index is 12.3. The van der Waals surface area contributed by atoms with E-state index in [0.717, 1.165) is 32.6 Å². The van der Waals surface area contributed by atoms with Gasteiger partial charge in [0.2, 0.25) is 5.91 Å². The van der Waals surface area contributed by atoms with E-state index < -0.39 is 0 Å². The van der Waals surface area contributed by atoms with Crippen LogP contribution in [0.4, 0.5) is 0 Å². The van der Waals surface area contributed by atoms with Gasteiger partial charge in [0.1, 0.15) is 0 Å². The maximum absolute atomic E-state index is 12.3. The minimum absolute atomic E-state index is 0.0830. The second-order valence-corrected chi connectivity index (χ2v) is 5.15. The molecule has 2 fully saturated rings. The molecule has 0 radical (unpaired) electrons. The summed E-state index contributed by atoms with van der Waals surface area (Å²) in [6.45, 7) is 6.03. The van der Waals surface area contributed by atoms with Crippen LogP contribution in [0, 0.1) is 0 Å². The number of hydrogen-bond donors (Lipinski definition) is 1. The Hall–Kier alpha value is -0.610. The lowest BCUT2D eigenvalue weighted by Crippen LogP contribution is -2.58. The Labute approximate surface area is 98.0 Å². The lowest BCUT2D eigenvalue weighted by molar-refractivity contribution is -0.138. The fourth-order valence-electron chi connectivity index (χ4n) is 2.73. The Bertz CT molecular complexity index is 251. The third-order valence-corrected chi connectivity index (χ3v) is 3.72. The lowest BCUT2D eigenvalue weighted by atomic mass is 10.0. The van der Waals surface area contributed by atoms with Crippen LogP contribution in [0.3, 0.4) is 0 Å². The van der Waals surface area contributed by atoms with Crippen LogP contribution >= 0.6 is 0 Å². The fourth-order valence-corrected chi connectivity index (χ4v) is 2.73. The summed E-state index contributed by atoms with van der Waals surface area (Å²) in [4.78, 5) is 16.7. The third-order valence-electron chi connectivity index (χ3n) is 3.72. The summed E-state index contributed by atoms with van der Waals surface area (Å²) in [7, 11) is 2.12. The van der Waals surface area contributed by atoms with Crippen molar-refractivity contribution in [3.63, 3.8) is 0 Å². The highest BCUT2D eigenvalue weighted by Gasteiger charge is 2.31. The highest BCUT2D eigenvalue weighted by molar-refractivity contribution is 5.82. The predicted octanol–water partition coefficient (Wildman–Crippen LogP) is 0.291. The first-order valence-corrected chi connectivity index (χ1v) is 6.41. The SMILES string of the molecule is CC1CN(C)CCN1C(=O)[C@H]1CCCCN1. The topological polar surface area (TPSA) is 35.6 Å². The summed E-state index contributed by atoms with van der Waals surface area (Å²) >= 11 is 0. The van der Waals surface area contributed by atoms with E-state index in [2.05, 4.69) is 29.1 Å². The first-order valence-electron chi connectivity index (χ1n) is 6.41. The summed E-state index contributed by atoms with van der Waals surface area (Å²) in [6, 6.07) is 0.439. The molecule has 2 rings (SSSR count). The zero-order valence-electron chi connectivity index (χ0n) is 10.4. The largest absolute Gasteiger partial charge is 0.336 e. The van der Waals surface area contributed by atoms with Crippen molar-refractivity contribution in [2.45, 2.75) is 38.3 Å². The van der Waals surface area contributed by atoms with Gasteiger partial charge in [-0.05, 0) is 33.4 Å². The quantitative estimate of drug-likeness (QED) is 0.697. The lowest BCUT2D eigenvalue weighted by Gasteiger charge is -2.40. The molecule has 0 saturated carbocycles. The summed E-state index contributed by atoms with van der Waals surface area (Å²) in [6.07, 6.45) is 3.41. The highest BCUT2D eigenvalue weighted by atomic mass is 16.2. The van der Waals surface area contributed by atoms with Gasteiger partial charge in [-0.2, -0.15) is 0 Å². The second-order valence-electron chi connectivity index (χ2n) is 5.15. The van der Waals surface area contributed by atoms with Crippen molar-refractivity contribution < 1.29 is 4.79 Å². The van der Waals surface area contributed by atoms with Crippen LogP contribution in [0.5, 0.6) is 0 Å². The van der Waals surface area contributed by atoms with Crippen LogP contribution in [-0.2, 0) is 4.79 Å². The van der Waals surface area contributed by atoms with Crippen molar-refractivity contribution in [1.82, 2.24) is 15.1 Å². The van der Waals surface area contributed by atoms with Crippen molar-refractivity contribution in [2.75, 3.05) is 33.2 Å². The summed E-state index contributed by atoms with van der Waals surface area (Å²) < 4.78 is 0. The minimum Gasteiger partial charge on any atom is -0.336 e. The van der Waals surface area contributed by atoms with Crippen molar-refractivity contribution >= 4 is 5.91 Å². The zero-order chi connectivity index (χ0) is 11.5. The molecule has 4 nitrogen and oxygen atoms in total. The molecule has 2 aliphatic heterocycles. The molecule has 0 aromatic carbocycles. The number of nitrogens with zero attached hydrogens (tertiary/aromatic N) is 2. The van der Waals surface area contributed by atoms with Gasteiger partial charge in [0.15, 0.2) is 0 Å². The van der Waals surface area contributed by atoms with E-state index in [9.17, 15) is 4.79 Å². The Morgan fingerprint density at radius 3 is 2.75 bits per heavy atom. The molecule has 2 aliphatic rings. The van der Waals surface area contributed by atoms with Crippen molar-refractivity contribution in [3.05, 3.63) is 0 Å². The number of nitrogens with one attached hydrogen (secondary N) is 1. The molecule has 0 spiro atoms. The molecular formula is C12H23N3O. The molecule has 0 aromatic heterocycles. The van der Waals surface area contributed by atoms with Crippen LogP contribution in [-0.4, -0.2) is 61.0 Å². The van der Waals surface area contributed by atoms with Crippen molar-refractivity contribution in [3.8, 4) is 0 Å². The average Bonchev–Trinajstić information content (AvgIpc) is 2.29. The minimum atomic E-state index is 0.0830. The molecule has 2 heterocycles. The Kier molecular flexibility index (Phi) is 3.82. The van der Waals surface area contributed by atoms with Gasteiger partial charge in [-0.1, -0.05) is 6.42 Å². The van der Waals surface area contributed by atoms with Gasteiger partial charge in [0, 0.05) is 25.7 Å². The van der Waals surface area contributed by atoms with Crippen LogP contribution < -0.4 is 5.32 Å². The average molecular weight is 225 g/mol. The summed E-state index contributed by atoms with van der Waals surface area (Å²) in [5.74, 6) is 0.320. The van der Waals surface area contributed by atoms with Gasteiger partial charge in [0.25, 0.3) is 0 Å². The molecule has 92 valence electrons. The highest BCUT2D eigenvalue weighted by Crippen LogP contribution is 2.14. The van der Waals surface area contributed by atoms with E-state index in [4.69, 9.17) is 0 Å². The summed E-state index contributed by atoms with van der Waals surface area (Å²) in [5.41, 5.74) is 0. The molecule has 0 aromatic rings. The molecule has 2 saturated heterocycles. The maximum Gasteiger partial charge on any atom is 0.240 e. The first-order chi connectivity index (χ1) is 7.68. The van der Waals surface area contributed by atoms with Gasteiger partial charge in [0.05, 0.1) is 6.04 Å².